The van der Waals surface area contributed by atoms with Crippen LogP contribution in [0.1, 0.15) is 28.9 Å². The van der Waals surface area contributed by atoms with Crippen molar-refractivity contribution in [1.82, 2.24) is 19.6 Å². The Morgan fingerprint density at radius 2 is 1.76 bits per heavy atom. The van der Waals surface area contributed by atoms with Crippen LogP contribution in [0.15, 0.2) is 53.7 Å². The van der Waals surface area contributed by atoms with Crippen LogP contribution in [0.4, 0.5) is 15.8 Å². The van der Waals surface area contributed by atoms with Crippen LogP contribution in [-0.4, -0.2) is 33.9 Å². The number of halogens is 1. The highest BCUT2D eigenvalue weighted by molar-refractivity contribution is 7.92. The van der Waals surface area contributed by atoms with Crippen LogP contribution in [0.5, 0.6) is 0 Å². The first-order valence-corrected chi connectivity index (χ1v) is 12.0. The highest BCUT2D eigenvalue weighted by Crippen LogP contribution is 2.24. The molecule has 0 aliphatic heterocycles. The third-order valence-electron chi connectivity index (χ3n) is 5.45. The third-order valence-corrected chi connectivity index (χ3v) is 6.97. The van der Waals surface area contributed by atoms with Crippen molar-refractivity contribution < 1.29 is 17.6 Å². The fourth-order valence-corrected chi connectivity index (χ4v) is 5.00. The number of fused-ring (bicyclic) bond motifs is 1. The van der Waals surface area contributed by atoms with Gasteiger partial charge in [0.15, 0.2) is 0 Å². The Balaban J connectivity index is 1.48. The van der Waals surface area contributed by atoms with Gasteiger partial charge in [0.05, 0.1) is 4.90 Å². The smallest absolute Gasteiger partial charge is 0.262 e. The quantitative estimate of drug-likeness (QED) is 0.416. The van der Waals surface area contributed by atoms with E-state index in [2.05, 4.69) is 25.1 Å². The standard InChI is InChI=1S/C23H23FN6O3S/c1-14-4-7-19(12-21(14)34(32,33)29-18-8-5-17(24)6-9-18)28-22(31)11-10-20-15(2)27-23-25-13-26-30(23)16(20)3/h4-9,12-13,29H,10-11H2,1-3H3,(H,28,31). The monoisotopic (exact) mass is 482 g/mol. The maximum Gasteiger partial charge on any atom is 0.262 e. The van der Waals surface area contributed by atoms with E-state index in [0.29, 0.717) is 23.4 Å². The van der Waals surface area contributed by atoms with Crippen LogP contribution in [-0.2, 0) is 21.2 Å². The minimum atomic E-state index is -3.94. The number of anilines is 2. The van der Waals surface area contributed by atoms with Crippen molar-refractivity contribution in [3.8, 4) is 0 Å². The summed E-state index contributed by atoms with van der Waals surface area (Å²) in [5, 5.41) is 6.91. The molecule has 2 aromatic heterocycles. The maximum absolute atomic E-state index is 13.1. The van der Waals surface area contributed by atoms with E-state index < -0.39 is 15.8 Å². The van der Waals surface area contributed by atoms with E-state index >= 15 is 0 Å². The van der Waals surface area contributed by atoms with Gasteiger partial charge in [0.1, 0.15) is 12.1 Å². The van der Waals surface area contributed by atoms with Gasteiger partial charge in [-0.25, -0.2) is 22.3 Å². The van der Waals surface area contributed by atoms with Crippen molar-refractivity contribution in [2.24, 2.45) is 0 Å². The lowest BCUT2D eigenvalue weighted by Gasteiger charge is -2.13. The number of benzene rings is 2. The molecule has 11 heteroatoms. The van der Waals surface area contributed by atoms with Crippen LogP contribution in [0, 0.1) is 26.6 Å². The fourth-order valence-electron chi connectivity index (χ4n) is 3.67. The SMILES string of the molecule is Cc1ccc(NC(=O)CCc2c(C)nc3ncnn3c2C)cc1S(=O)(=O)Nc1ccc(F)cc1. The van der Waals surface area contributed by atoms with Crippen molar-refractivity contribution in [1.29, 1.82) is 0 Å². The number of aromatic nitrogens is 4. The summed E-state index contributed by atoms with van der Waals surface area (Å²) in [6, 6.07) is 9.67. The van der Waals surface area contributed by atoms with Gasteiger partial charge in [-0.05, 0) is 74.7 Å². The topological polar surface area (TPSA) is 118 Å². The molecule has 176 valence electrons. The van der Waals surface area contributed by atoms with Crippen LogP contribution >= 0.6 is 0 Å². The number of carbonyl (C=O) groups is 1. The number of carbonyl (C=O) groups excluding carboxylic acids is 1. The number of amides is 1. The summed E-state index contributed by atoms with van der Waals surface area (Å²) >= 11 is 0. The van der Waals surface area contributed by atoms with E-state index in [-0.39, 0.29) is 22.9 Å². The average molecular weight is 483 g/mol. The molecule has 0 aliphatic carbocycles. The molecule has 0 aliphatic rings. The highest BCUT2D eigenvalue weighted by atomic mass is 32.2. The minimum Gasteiger partial charge on any atom is -0.326 e. The van der Waals surface area contributed by atoms with Gasteiger partial charge >= 0.3 is 0 Å². The molecule has 4 aromatic rings. The number of nitrogens with zero attached hydrogens (tertiary/aromatic N) is 4. The summed E-state index contributed by atoms with van der Waals surface area (Å²) in [4.78, 5) is 21.1. The highest BCUT2D eigenvalue weighted by Gasteiger charge is 2.19. The largest absolute Gasteiger partial charge is 0.326 e. The lowest BCUT2D eigenvalue weighted by atomic mass is 10.1. The Labute approximate surface area is 196 Å². The predicted octanol–water partition coefficient (Wildman–Crippen LogP) is 3.56. The zero-order valence-corrected chi connectivity index (χ0v) is 19.6. The molecule has 0 radical (unpaired) electrons. The van der Waals surface area contributed by atoms with Gasteiger partial charge in [0.25, 0.3) is 15.8 Å². The van der Waals surface area contributed by atoms with Crippen LogP contribution in [0.2, 0.25) is 0 Å². The molecule has 0 bridgehead atoms. The molecule has 0 fully saturated rings. The summed E-state index contributed by atoms with van der Waals surface area (Å²) in [6.07, 6.45) is 2.04. The van der Waals surface area contributed by atoms with E-state index in [4.69, 9.17) is 0 Å². The minimum absolute atomic E-state index is 0.0159. The molecular formula is C23H23FN6O3S. The average Bonchev–Trinajstić information content (AvgIpc) is 3.25. The summed E-state index contributed by atoms with van der Waals surface area (Å²) in [5.41, 5.74) is 3.65. The molecule has 2 N–H and O–H groups in total. The Hall–Kier alpha value is -3.86. The van der Waals surface area contributed by atoms with Crippen LogP contribution in [0.25, 0.3) is 5.78 Å². The molecule has 2 heterocycles. The molecule has 2 aromatic carbocycles. The molecule has 9 nitrogen and oxygen atoms in total. The number of hydrogen-bond acceptors (Lipinski definition) is 6. The van der Waals surface area contributed by atoms with Gasteiger partial charge in [-0.2, -0.15) is 10.1 Å². The number of rotatable bonds is 7. The lowest BCUT2D eigenvalue weighted by Crippen LogP contribution is -2.17. The van der Waals surface area contributed by atoms with E-state index in [1.54, 1.807) is 23.6 Å². The molecule has 0 saturated carbocycles. The number of hydrogen-bond donors (Lipinski definition) is 2. The van der Waals surface area contributed by atoms with Crippen molar-refractivity contribution in [3.63, 3.8) is 0 Å². The molecule has 0 unspecified atom stereocenters. The second-order valence-corrected chi connectivity index (χ2v) is 9.52. The first-order valence-electron chi connectivity index (χ1n) is 10.5. The zero-order chi connectivity index (χ0) is 24.5. The second kappa shape index (κ2) is 9.18. The third kappa shape index (κ3) is 4.88. The molecule has 1 amide bonds. The van der Waals surface area contributed by atoms with Crippen molar-refractivity contribution in [2.75, 3.05) is 10.0 Å². The molecule has 0 saturated heterocycles. The molecule has 34 heavy (non-hydrogen) atoms. The van der Waals surface area contributed by atoms with Gasteiger partial charge in [-0.15, -0.1) is 0 Å². The molecule has 0 atom stereocenters. The van der Waals surface area contributed by atoms with Gasteiger partial charge in [0, 0.05) is 29.2 Å². The summed E-state index contributed by atoms with van der Waals surface area (Å²) in [5.74, 6) is -0.228. The predicted molar refractivity (Wildman–Crippen MR) is 126 cm³/mol. The Morgan fingerprint density at radius 1 is 1.06 bits per heavy atom. The summed E-state index contributed by atoms with van der Waals surface area (Å²) in [6.45, 7) is 5.42. The second-order valence-electron chi connectivity index (χ2n) is 7.87. The number of aryl methyl sites for hydroxylation is 3. The van der Waals surface area contributed by atoms with Crippen molar-refractivity contribution in [2.45, 2.75) is 38.5 Å². The molecule has 4 rings (SSSR count). The normalized spacial score (nSPS) is 11.5. The van der Waals surface area contributed by atoms with E-state index in [1.165, 1.54) is 36.7 Å². The Bertz CT molecular complexity index is 1480. The van der Waals surface area contributed by atoms with E-state index in [9.17, 15) is 17.6 Å². The molecule has 0 spiro atoms. The van der Waals surface area contributed by atoms with Gasteiger partial charge < -0.3 is 5.32 Å². The Kier molecular flexibility index (Phi) is 6.29. The Morgan fingerprint density at radius 3 is 2.50 bits per heavy atom. The summed E-state index contributed by atoms with van der Waals surface area (Å²) in [7, 11) is -3.94. The summed E-state index contributed by atoms with van der Waals surface area (Å²) < 4.78 is 42.9. The van der Waals surface area contributed by atoms with E-state index in [1.807, 2.05) is 13.8 Å². The maximum atomic E-state index is 13.1. The van der Waals surface area contributed by atoms with Crippen LogP contribution in [0.3, 0.4) is 0 Å². The van der Waals surface area contributed by atoms with Crippen molar-refractivity contribution in [3.05, 3.63) is 77.1 Å². The first-order chi connectivity index (χ1) is 16.1. The number of sulfonamides is 1. The zero-order valence-electron chi connectivity index (χ0n) is 18.8. The lowest BCUT2D eigenvalue weighted by molar-refractivity contribution is -0.116. The fraction of sp³-hybridized carbons (Fsp3) is 0.217. The van der Waals surface area contributed by atoms with E-state index in [0.717, 1.165) is 17.0 Å². The number of nitrogens with one attached hydrogen (secondary N) is 2. The van der Waals surface area contributed by atoms with Gasteiger partial charge in [0.2, 0.25) is 5.91 Å². The molecular weight excluding hydrogens is 459 g/mol. The van der Waals surface area contributed by atoms with Crippen molar-refractivity contribution >= 4 is 33.1 Å². The van der Waals surface area contributed by atoms with Crippen LogP contribution < -0.4 is 10.0 Å². The first kappa shape index (κ1) is 23.3. The van der Waals surface area contributed by atoms with Gasteiger partial charge in [-0.1, -0.05) is 6.07 Å². The van der Waals surface area contributed by atoms with Gasteiger partial charge in [-0.3, -0.25) is 9.52 Å².